The van der Waals surface area contributed by atoms with Gasteiger partial charge in [-0.15, -0.1) is 11.3 Å². The van der Waals surface area contributed by atoms with Crippen LogP contribution >= 0.6 is 11.3 Å². The fraction of sp³-hybridized carbons (Fsp3) is 0.424. The third-order valence-electron chi connectivity index (χ3n) is 8.42. The van der Waals surface area contributed by atoms with Crippen molar-refractivity contribution in [1.82, 2.24) is 4.90 Å². The Morgan fingerprint density at radius 2 is 1.68 bits per heavy atom. The Kier molecular flexibility index (Phi) is 8.12. The van der Waals surface area contributed by atoms with Crippen LogP contribution < -0.4 is 10.6 Å². The normalized spacial score (nSPS) is 18.2. The van der Waals surface area contributed by atoms with E-state index in [0.717, 1.165) is 62.6 Å². The zero-order valence-electron chi connectivity index (χ0n) is 24.3. The molecule has 1 aromatic heterocycles. The second-order valence-corrected chi connectivity index (χ2v) is 13.6. The van der Waals surface area contributed by atoms with Crippen molar-refractivity contribution in [2.75, 3.05) is 37.6 Å². The van der Waals surface area contributed by atoms with Gasteiger partial charge in [0.2, 0.25) is 5.91 Å². The van der Waals surface area contributed by atoms with E-state index < -0.39 is 23.1 Å². The number of carbonyl (C=O) groups is 1. The summed E-state index contributed by atoms with van der Waals surface area (Å²) < 4.78 is 30.2. The molecule has 8 heteroatoms. The molecule has 0 radical (unpaired) electrons. The zero-order valence-corrected chi connectivity index (χ0v) is 25.1. The quantitative estimate of drug-likeness (QED) is 0.323. The summed E-state index contributed by atoms with van der Waals surface area (Å²) in [4.78, 5) is 17.3. The lowest BCUT2D eigenvalue weighted by molar-refractivity contribution is 0.0778. The minimum atomic E-state index is -1.32. The first-order chi connectivity index (χ1) is 19.3. The summed E-state index contributed by atoms with van der Waals surface area (Å²) in [5.41, 5.74) is 9.24. The number of nitrogens with zero attached hydrogens (tertiary/aromatic N) is 2. The second kappa shape index (κ2) is 11.3. The van der Waals surface area contributed by atoms with Crippen molar-refractivity contribution in [3.63, 3.8) is 0 Å². The van der Waals surface area contributed by atoms with E-state index in [1.165, 1.54) is 37.1 Å². The van der Waals surface area contributed by atoms with Crippen LogP contribution in [0.2, 0.25) is 0 Å². The number of allylic oxidation sites excluding steroid dienone is 1. The molecule has 0 bridgehead atoms. The Morgan fingerprint density at radius 1 is 1.05 bits per heavy atom. The van der Waals surface area contributed by atoms with Crippen LogP contribution in [-0.2, 0) is 5.60 Å². The number of amides is 1. The molecule has 218 valence electrons. The number of hydrogen-bond donors (Lipinski definition) is 2. The average Bonchev–Trinajstić information content (AvgIpc) is 3.39. The van der Waals surface area contributed by atoms with Gasteiger partial charge in [0.1, 0.15) is 11.6 Å². The van der Waals surface area contributed by atoms with E-state index in [1.807, 2.05) is 23.6 Å². The van der Waals surface area contributed by atoms with Gasteiger partial charge in [-0.3, -0.25) is 9.69 Å². The Balaban J connectivity index is 1.35. The Morgan fingerprint density at radius 3 is 2.27 bits per heavy atom. The third kappa shape index (κ3) is 6.55. The van der Waals surface area contributed by atoms with E-state index in [-0.39, 0.29) is 16.5 Å². The maximum atomic E-state index is 15.1. The van der Waals surface area contributed by atoms with Crippen molar-refractivity contribution in [1.29, 1.82) is 0 Å². The number of piperazine rings is 1. The van der Waals surface area contributed by atoms with Crippen molar-refractivity contribution in [3.8, 4) is 11.1 Å². The van der Waals surface area contributed by atoms with E-state index in [9.17, 15) is 9.90 Å². The lowest BCUT2D eigenvalue weighted by Crippen LogP contribution is -2.47. The first kappa shape index (κ1) is 29.4. The van der Waals surface area contributed by atoms with Crippen molar-refractivity contribution in [2.24, 2.45) is 11.1 Å². The van der Waals surface area contributed by atoms with E-state index in [2.05, 4.69) is 23.6 Å². The molecular weight excluding hydrogens is 540 g/mol. The number of rotatable bonds is 7. The van der Waals surface area contributed by atoms with Crippen molar-refractivity contribution in [2.45, 2.75) is 52.6 Å². The van der Waals surface area contributed by atoms with Gasteiger partial charge in [-0.25, -0.2) is 8.78 Å². The average molecular weight is 580 g/mol. The molecule has 0 saturated carbocycles. The van der Waals surface area contributed by atoms with Gasteiger partial charge in [0.25, 0.3) is 0 Å². The number of benzene rings is 2. The molecule has 1 aliphatic heterocycles. The molecule has 3 aromatic rings. The van der Waals surface area contributed by atoms with Gasteiger partial charge in [0.15, 0.2) is 0 Å². The highest BCUT2D eigenvalue weighted by molar-refractivity contribution is 7.11. The molecule has 5 rings (SSSR count). The summed E-state index contributed by atoms with van der Waals surface area (Å²) in [6.45, 7) is 12.1. The zero-order chi connectivity index (χ0) is 29.5. The molecule has 41 heavy (non-hydrogen) atoms. The topological polar surface area (TPSA) is 69.8 Å². The molecule has 1 fully saturated rings. The molecule has 5 nitrogen and oxygen atoms in total. The van der Waals surface area contributed by atoms with Gasteiger partial charge < -0.3 is 15.7 Å². The molecule has 0 unspecified atom stereocenters. The number of hydrogen-bond acceptors (Lipinski definition) is 5. The number of thiophene rings is 1. The summed E-state index contributed by atoms with van der Waals surface area (Å²) in [6.07, 6.45) is 3.04. The van der Waals surface area contributed by atoms with Crippen molar-refractivity contribution < 1.29 is 18.7 Å². The summed E-state index contributed by atoms with van der Waals surface area (Å²) in [7, 11) is 0. The van der Waals surface area contributed by atoms with Crippen LogP contribution in [0.5, 0.6) is 0 Å². The molecule has 2 heterocycles. The molecule has 3 N–H and O–H groups in total. The fourth-order valence-electron chi connectivity index (χ4n) is 5.87. The largest absolute Gasteiger partial charge is 0.386 e. The number of carbonyl (C=O) groups excluding carboxylic acids is 1. The lowest BCUT2D eigenvalue weighted by atomic mass is 9.73. The molecule has 1 aliphatic carbocycles. The first-order valence-electron chi connectivity index (χ1n) is 14.2. The van der Waals surface area contributed by atoms with E-state index in [1.54, 1.807) is 23.5 Å². The predicted octanol–water partition coefficient (Wildman–Crippen LogP) is 6.81. The van der Waals surface area contributed by atoms with Gasteiger partial charge in [-0.2, -0.15) is 0 Å². The smallest absolute Gasteiger partial charge is 0.248 e. The highest BCUT2D eigenvalue weighted by Crippen LogP contribution is 2.46. The molecular formula is C33H39F2N3O2S. The molecule has 2 aromatic carbocycles. The van der Waals surface area contributed by atoms with Gasteiger partial charge in [0, 0.05) is 48.9 Å². The van der Waals surface area contributed by atoms with E-state index in [4.69, 9.17) is 5.73 Å². The van der Waals surface area contributed by atoms with E-state index >= 15 is 8.78 Å². The standard InChI is InChI=1S/C33H39F2N3O2S/c1-32(2)10-9-22(19-37-11-13-38(14-12-37)25-7-5-21(6-8-25)31(36)39)26(18-32)29-15-23(20-41-29)30-27(34)16-24(17-28(30)35)33(3,4)40/h5-8,15-17,20,40H,9-14,18-19H2,1-4H3,(H2,36,39). The summed E-state index contributed by atoms with van der Waals surface area (Å²) in [6, 6.07) is 11.9. The molecule has 1 saturated heterocycles. The first-order valence-corrected chi connectivity index (χ1v) is 15.1. The Hall–Kier alpha value is -3.07. The Bertz CT molecular complexity index is 1440. The highest BCUT2D eigenvalue weighted by atomic mass is 32.1. The fourth-order valence-corrected chi connectivity index (χ4v) is 6.86. The highest BCUT2D eigenvalue weighted by Gasteiger charge is 2.30. The SMILES string of the molecule is CC1(C)CCC(CN2CCN(c3ccc(C(N)=O)cc3)CC2)=C(c2cc(-c3c(F)cc(C(C)(C)O)cc3F)cs2)C1. The number of nitrogens with two attached hydrogens (primary N) is 1. The predicted molar refractivity (Wildman–Crippen MR) is 163 cm³/mol. The maximum absolute atomic E-state index is 15.1. The Labute approximate surface area is 245 Å². The van der Waals surface area contributed by atoms with Crippen LogP contribution in [-0.4, -0.2) is 48.6 Å². The molecule has 0 atom stereocenters. The summed E-state index contributed by atoms with van der Waals surface area (Å²) in [5, 5.41) is 12.1. The van der Waals surface area contributed by atoms with E-state index in [0.29, 0.717) is 11.1 Å². The minimum absolute atomic E-state index is 0.0438. The van der Waals surface area contributed by atoms with Gasteiger partial charge in [-0.05, 0) is 103 Å². The van der Waals surface area contributed by atoms with Gasteiger partial charge in [0.05, 0.1) is 11.2 Å². The molecule has 1 amide bonds. The number of halogens is 2. The van der Waals surface area contributed by atoms with Crippen LogP contribution in [0.4, 0.5) is 14.5 Å². The minimum Gasteiger partial charge on any atom is -0.386 e. The van der Waals surface area contributed by atoms with Crippen LogP contribution in [0.1, 0.15) is 67.8 Å². The van der Waals surface area contributed by atoms with Crippen molar-refractivity contribution in [3.05, 3.63) is 81.1 Å². The third-order valence-corrected chi connectivity index (χ3v) is 9.41. The number of anilines is 1. The molecule has 0 spiro atoms. The van der Waals surface area contributed by atoms with Gasteiger partial charge in [-0.1, -0.05) is 19.4 Å². The molecule has 2 aliphatic rings. The maximum Gasteiger partial charge on any atom is 0.248 e. The van der Waals surface area contributed by atoms with Crippen LogP contribution in [0.3, 0.4) is 0 Å². The second-order valence-electron chi connectivity index (χ2n) is 12.7. The van der Waals surface area contributed by atoms with Crippen molar-refractivity contribution >= 4 is 28.5 Å². The monoisotopic (exact) mass is 579 g/mol. The number of aliphatic hydroxyl groups is 1. The van der Waals surface area contributed by atoms with Crippen LogP contribution in [0.25, 0.3) is 16.7 Å². The van der Waals surface area contributed by atoms with Crippen LogP contribution in [0.15, 0.2) is 53.4 Å². The lowest BCUT2D eigenvalue weighted by Gasteiger charge is -2.39. The number of primary amides is 1. The van der Waals surface area contributed by atoms with Gasteiger partial charge >= 0.3 is 0 Å². The summed E-state index contributed by atoms with van der Waals surface area (Å²) in [5.74, 6) is -1.74. The van der Waals surface area contributed by atoms with Crippen LogP contribution in [0, 0.1) is 17.0 Å². The summed E-state index contributed by atoms with van der Waals surface area (Å²) >= 11 is 1.55.